The number of fused-ring (bicyclic) bond motifs is 1. The Morgan fingerprint density at radius 2 is 1.61 bits per heavy atom. The summed E-state index contributed by atoms with van der Waals surface area (Å²) in [6, 6.07) is 12.3. The highest BCUT2D eigenvalue weighted by molar-refractivity contribution is 7.90. The minimum atomic E-state index is -3.70. The second-order valence-electron chi connectivity index (χ2n) is 20.3. The van der Waals surface area contributed by atoms with E-state index in [2.05, 4.69) is 20.9 Å². The second kappa shape index (κ2) is 25.9. The summed E-state index contributed by atoms with van der Waals surface area (Å²) in [5.74, 6) is -2.00. The molecule has 20 heteroatoms. The Labute approximate surface area is 444 Å². The van der Waals surface area contributed by atoms with Crippen LogP contribution in [-0.4, -0.2) is 121 Å². The Morgan fingerprint density at radius 1 is 0.907 bits per heavy atom. The molecule has 75 heavy (non-hydrogen) atoms. The number of aliphatic hydroxyl groups is 1. The normalized spacial score (nSPS) is 16.3. The van der Waals surface area contributed by atoms with Gasteiger partial charge in [-0.25, -0.2) is 13.4 Å². The zero-order valence-corrected chi connectivity index (χ0v) is 45.9. The molecule has 4 aromatic rings. The topological polar surface area (TPSA) is 240 Å². The molecule has 2 aliphatic rings. The highest BCUT2D eigenvalue weighted by Gasteiger charge is 2.45. The Hall–Kier alpha value is -6.38. The number of amides is 6. The molecule has 0 saturated carbocycles. The van der Waals surface area contributed by atoms with Crippen molar-refractivity contribution in [3.05, 3.63) is 88.1 Å². The van der Waals surface area contributed by atoms with Gasteiger partial charge in [-0.2, -0.15) is 0 Å². The number of likely N-dealkylation sites (tertiary alicyclic amines) is 1. The van der Waals surface area contributed by atoms with Crippen molar-refractivity contribution in [2.75, 3.05) is 44.2 Å². The van der Waals surface area contributed by atoms with Gasteiger partial charge >= 0.3 is 0 Å². The molecular formula is C55H72N6O12S2. The monoisotopic (exact) mass is 1070 g/mol. The van der Waals surface area contributed by atoms with Gasteiger partial charge in [0.2, 0.25) is 23.6 Å². The van der Waals surface area contributed by atoms with E-state index in [4.69, 9.17) is 14.2 Å². The summed E-state index contributed by atoms with van der Waals surface area (Å²) in [5.41, 5.74) is 4.42. The first-order chi connectivity index (χ1) is 35.6. The van der Waals surface area contributed by atoms with Crippen molar-refractivity contribution >= 4 is 62.3 Å². The number of β-amino-alcohol motifs (C(OH)–C–C–N with tert-alkyl or cyclic N) is 1. The molecule has 2 unspecified atom stereocenters. The number of aryl methyl sites for hydroxylation is 1. The number of anilines is 1. The summed E-state index contributed by atoms with van der Waals surface area (Å²) < 4.78 is 42.8. The molecule has 4 N–H and O–H groups in total. The minimum Gasteiger partial charge on any atom is -0.493 e. The van der Waals surface area contributed by atoms with Crippen molar-refractivity contribution < 1.29 is 56.5 Å². The summed E-state index contributed by atoms with van der Waals surface area (Å²) in [4.78, 5) is 88.2. The number of rotatable bonds is 26. The number of methoxy groups -OCH3 is 1. The third-order valence-corrected chi connectivity index (χ3v) is 15.2. The number of carbonyl (C=O) groups is 6. The van der Waals surface area contributed by atoms with Crippen molar-refractivity contribution in [1.29, 1.82) is 0 Å². The van der Waals surface area contributed by atoms with Crippen LogP contribution in [-0.2, 0) is 35.6 Å². The summed E-state index contributed by atoms with van der Waals surface area (Å²) >= 11 is 1.53. The van der Waals surface area contributed by atoms with Crippen molar-refractivity contribution in [1.82, 2.24) is 25.4 Å². The molecule has 0 aliphatic carbocycles. The van der Waals surface area contributed by atoms with E-state index in [-0.39, 0.29) is 54.6 Å². The van der Waals surface area contributed by atoms with Gasteiger partial charge in [-0.15, -0.1) is 11.3 Å². The van der Waals surface area contributed by atoms with Crippen molar-refractivity contribution in [2.45, 2.75) is 137 Å². The van der Waals surface area contributed by atoms with Gasteiger partial charge in [-0.3, -0.25) is 33.7 Å². The molecular weight excluding hydrogens is 1000 g/mol. The third kappa shape index (κ3) is 15.2. The van der Waals surface area contributed by atoms with Crippen LogP contribution in [0, 0.1) is 12.3 Å². The Balaban J connectivity index is 0.954. The van der Waals surface area contributed by atoms with Crippen LogP contribution in [0.2, 0.25) is 0 Å². The summed E-state index contributed by atoms with van der Waals surface area (Å²) in [6.45, 7) is 11.5. The van der Waals surface area contributed by atoms with Crippen LogP contribution in [0.1, 0.15) is 142 Å². The fourth-order valence-corrected chi connectivity index (χ4v) is 11.2. The Morgan fingerprint density at radius 3 is 2.25 bits per heavy atom. The highest BCUT2D eigenvalue weighted by atomic mass is 32.2. The quantitative estimate of drug-likeness (QED) is 0.0351. The lowest BCUT2D eigenvalue weighted by molar-refractivity contribution is -0.143. The number of thiazole rings is 1. The average molecular weight is 1070 g/mol. The van der Waals surface area contributed by atoms with E-state index in [0.717, 1.165) is 77.8 Å². The number of hydrogen-bond donors (Lipinski definition) is 4. The number of hydrogen-bond acceptors (Lipinski definition) is 14. The number of nitrogens with one attached hydrogen (secondary N) is 3. The largest absolute Gasteiger partial charge is 0.493 e. The number of nitrogens with zero attached hydrogens (tertiary/aromatic N) is 3. The van der Waals surface area contributed by atoms with Crippen LogP contribution in [0.5, 0.6) is 17.2 Å². The zero-order chi connectivity index (χ0) is 54.6. The molecule has 3 aromatic carbocycles. The van der Waals surface area contributed by atoms with Gasteiger partial charge in [-0.1, -0.05) is 83.6 Å². The van der Waals surface area contributed by atoms with Gasteiger partial charge in [0.15, 0.2) is 11.5 Å². The summed E-state index contributed by atoms with van der Waals surface area (Å²) in [5, 5.41) is 19.1. The van der Waals surface area contributed by atoms with E-state index < -0.39 is 68.9 Å². The smallest absolute Gasteiger partial charge is 0.264 e. The fourth-order valence-electron chi connectivity index (χ4n) is 9.49. The van der Waals surface area contributed by atoms with Gasteiger partial charge in [-0.05, 0) is 73.6 Å². The van der Waals surface area contributed by atoms with E-state index in [9.17, 15) is 42.3 Å². The molecule has 0 bridgehead atoms. The molecule has 406 valence electrons. The van der Waals surface area contributed by atoms with E-state index in [1.807, 2.05) is 45.9 Å². The molecule has 1 aromatic heterocycles. The summed E-state index contributed by atoms with van der Waals surface area (Å²) in [7, 11) is -2.22. The third-order valence-electron chi connectivity index (χ3n) is 13.3. The average Bonchev–Trinajstić information content (AvgIpc) is 4.04. The van der Waals surface area contributed by atoms with Gasteiger partial charge in [0, 0.05) is 44.7 Å². The van der Waals surface area contributed by atoms with Crippen LogP contribution >= 0.6 is 11.3 Å². The molecule has 6 rings (SSSR count). The second-order valence-corrected chi connectivity index (χ2v) is 23.4. The van der Waals surface area contributed by atoms with E-state index >= 15 is 0 Å². The van der Waals surface area contributed by atoms with Crippen LogP contribution in [0.3, 0.4) is 0 Å². The SMILES string of the molecule is CCOc1cc([C@@H](CS(C)(=O)=O)N2C(=O)c3cccc(NC(=O)CCCCCCCCCCOc4cc(-c5scnc5C)ccc4CNC(=O)C4CC(O)CN4C(=O)[C@@H](NC(C)=O)C(C)(C)C)c3C2=O)ccc1OC. The van der Waals surface area contributed by atoms with Gasteiger partial charge in [0.1, 0.15) is 27.7 Å². The number of unbranched alkanes of at least 4 members (excludes halogenated alkanes) is 7. The first-order valence-electron chi connectivity index (χ1n) is 25.6. The van der Waals surface area contributed by atoms with E-state index in [1.165, 1.54) is 36.3 Å². The number of benzene rings is 3. The number of aliphatic hydroxyl groups excluding tert-OH is 1. The number of sulfone groups is 1. The molecule has 1 fully saturated rings. The van der Waals surface area contributed by atoms with Crippen LogP contribution in [0.25, 0.3) is 10.4 Å². The van der Waals surface area contributed by atoms with E-state index in [0.29, 0.717) is 42.4 Å². The maximum atomic E-state index is 14.1. The maximum absolute atomic E-state index is 14.1. The molecule has 2 aliphatic heterocycles. The Kier molecular flexibility index (Phi) is 20.0. The number of carbonyl (C=O) groups excluding carboxylic acids is 6. The van der Waals surface area contributed by atoms with Crippen LogP contribution in [0.4, 0.5) is 5.69 Å². The molecule has 0 spiro atoms. The lowest BCUT2D eigenvalue weighted by Gasteiger charge is -2.35. The maximum Gasteiger partial charge on any atom is 0.264 e. The van der Waals surface area contributed by atoms with Crippen LogP contribution in [0.15, 0.2) is 60.1 Å². The molecule has 3 heterocycles. The fraction of sp³-hybridized carbons (Fsp3) is 0.509. The van der Waals surface area contributed by atoms with Crippen molar-refractivity contribution in [2.24, 2.45) is 5.41 Å². The molecule has 6 amide bonds. The number of aromatic nitrogens is 1. The molecule has 18 nitrogen and oxygen atoms in total. The predicted octanol–water partition coefficient (Wildman–Crippen LogP) is 7.56. The molecule has 1 saturated heterocycles. The first-order valence-corrected chi connectivity index (χ1v) is 28.5. The van der Waals surface area contributed by atoms with Crippen LogP contribution < -0.4 is 30.2 Å². The molecule has 4 atom stereocenters. The zero-order valence-electron chi connectivity index (χ0n) is 44.3. The van der Waals surface area contributed by atoms with Crippen molar-refractivity contribution in [3.63, 3.8) is 0 Å². The van der Waals surface area contributed by atoms with Gasteiger partial charge in [0.25, 0.3) is 11.8 Å². The number of imide groups is 1. The van der Waals surface area contributed by atoms with Crippen molar-refractivity contribution in [3.8, 4) is 27.7 Å². The van der Waals surface area contributed by atoms with Gasteiger partial charge in [0.05, 0.1) is 71.1 Å². The first kappa shape index (κ1) is 57.9. The molecule has 0 radical (unpaired) electrons. The lowest BCUT2D eigenvalue weighted by atomic mass is 9.85. The van der Waals surface area contributed by atoms with E-state index in [1.54, 1.807) is 42.8 Å². The highest BCUT2D eigenvalue weighted by Crippen LogP contribution is 2.39. The lowest BCUT2D eigenvalue weighted by Crippen LogP contribution is -2.57. The summed E-state index contributed by atoms with van der Waals surface area (Å²) in [6.07, 6.45) is 7.56. The standard InChI is InChI=1S/C55H72N6O12S2/c1-9-72-46-27-36(24-25-44(46)71-7)43(32-75(8,69)70)61-52(66)40-19-18-20-41(48(40)53(61)67)59-47(64)21-16-14-12-10-11-13-15-17-26-73-45-28-37(49-34(2)57-33-74-49)22-23-38(45)30-56-51(65)42-29-39(63)31-60(42)54(68)50(55(4,5)6)58-35(3)62/h18-20,22-25,27-28,33,39,42-43,50,63H,9-17,21,26,29-32H2,1-8H3,(H,56,65)(H,58,62)(H,59,64)/t39?,42?,43-,50-/m1/s1. The minimum absolute atomic E-state index is 0.0154. The Bertz CT molecular complexity index is 2830. The van der Waals surface area contributed by atoms with Gasteiger partial charge < -0.3 is 40.2 Å². The predicted molar refractivity (Wildman–Crippen MR) is 287 cm³/mol. The number of ether oxygens (including phenoxy) is 3.